The summed E-state index contributed by atoms with van der Waals surface area (Å²) in [7, 11) is 0. The van der Waals surface area contributed by atoms with Gasteiger partial charge in [-0.15, -0.1) is 0 Å². The lowest BCUT2D eigenvalue weighted by Crippen LogP contribution is -2.08. The van der Waals surface area contributed by atoms with Crippen LogP contribution in [0.5, 0.6) is 0 Å². The fraction of sp³-hybridized carbons (Fsp3) is 0.920. The van der Waals surface area contributed by atoms with Gasteiger partial charge in [0, 0.05) is 0 Å². The molecule has 0 amide bonds. The van der Waals surface area contributed by atoms with Crippen LogP contribution in [0, 0.1) is 35.5 Å². The second-order valence-corrected chi connectivity index (χ2v) is 8.66. The predicted octanol–water partition coefficient (Wildman–Crippen LogP) is 9.16. The van der Waals surface area contributed by atoms with E-state index in [-0.39, 0.29) is 14.9 Å². The van der Waals surface area contributed by atoms with Gasteiger partial charge < -0.3 is 0 Å². The minimum Gasteiger partial charge on any atom is -0.0850 e. The van der Waals surface area contributed by atoms with Gasteiger partial charge >= 0.3 is 0 Å². The maximum absolute atomic E-state index is 2.44. The van der Waals surface area contributed by atoms with Crippen LogP contribution in [0.1, 0.15) is 115 Å². The first-order chi connectivity index (χ1) is 10.9. The Morgan fingerprint density at radius 2 is 1.52 bits per heavy atom. The molecule has 3 rings (SSSR count). The number of hydrogen-bond donors (Lipinski definition) is 0. The average Bonchev–Trinajstić information content (AvgIpc) is 2.91. The van der Waals surface area contributed by atoms with E-state index < -0.39 is 0 Å². The van der Waals surface area contributed by atoms with Gasteiger partial charge in [0.15, 0.2) is 0 Å². The number of rotatable bonds is 4. The van der Waals surface area contributed by atoms with Crippen LogP contribution in [0.4, 0.5) is 0 Å². The molecular weight excluding hydrogens is 300 g/mol. The maximum Gasteiger partial charge on any atom is -0.0287 e. The summed E-state index contributed by atoms with van der Waals surface area (Å²) >= 11 is 0. The van der Waals surface area contributed by atoms with Crippen molar-refractivity contribution < 1.29 is 0 Å². The van der Waals surface area contributed by atoms with Gasteiger partial charge in [-0.1, -0.05) is 107 Å². The molecule has 0 aromatic carbocycles. The van der Waals surface area contributed by atoms with E-state index >= 15 is 0 Å². The second kappa shape index (κ2) is 13.9. The summed E-state index contributed by atoms with van der Waals surface area (Å²) in [5.41, 5.74) is 1.68. The maximum atomic E-state index is 2.44. The molecule has 3 atom stereocenters. The first-order valence-electron chi connectivity index (χ1n) is 10.6. The van der Waals surface area contributed by atoms with E-state index in [1.165, 1.54) is 51.4 Å². The zero-order chi connectivity index (χ0) is 17.4. The van der Waals surface area contributed by atoms with Crippen molar-refractivity contribution in [1.29, 1.82) is 0 Å². The lowest BCUT2D eigenvalue weighted by molar-refractivity contribution is 0.307. The molecule has 0 heterocycles. The summed E-state index contributed by atoms with van der Waals surface area (Å²) < 4.78 is 0. The summed E-state index contributed by atoms with van der Waals surface area (Å²) in [5, 5.41) is 0. The van der Waals surface area contributed by atoms with E-state index in [9.17, 15) is 0 Å². The summed E-state index contributed by atoms with van der Waals surface area (Å²) in [6.07, 6.45) is 13.7. The molecule has 3 unspecified atom stereocenters. The van der Waals surface area contributed by atoms with E-state index in [0.29, 0.717) is 0 Å². The third-order valence-electron chi connectivity index (χ3n) is 6.94. The van der Waals surface area contributed by atoms with E-state index in [4.69, 9.17) is 0 Å². The van der Waals surface area contributed by atoms with Crippen molar-refractivity contribution in [3.05, 3.63) is 11.6 Å². The molecule has 0 aromatic rings. The van der Waals surface area contributed by atoms with Crippen molar-refractivity contribution >= 4 is 0 Å². The van der Waals surface area contributed by atoms with Gasteiger partial charge in [-0.2, -0.15) is 0 Å². The number of allylic oxidation sites excluding steroid dienone is 2. The first kappa shape index (κ1) is 27.0. The molecule has 0 aliphatic heterocycles. The molecule has 2 fully saturated rings. The molecule has 152 valence electrons. The highest BCUT2D eigenvalue weighted by atomic mass is 14.5. The molecule has 3 aliphatic rings. The van der Waals surface area contributed by atoms with Gasteiger partial charge in [0.2, 0.25) is 0 Å². The molecule has 0 nitrogen and oxygen atoms in total. The molecule has 0 bridgehead atoms. The third-order valence-corrected chi connectivity index (χ3v) is 6.94. The number of hydrogen-bond acceptors (Lipinski definition) is 0. The Morgan fingerprint density at radius 1 is 0.960 bits per heavy atom. The van der Waals surface area contributed by atoms with E-state index in [0.717, 1.165) is 35.5 Å². The minimum atomic E-state index is 0. The van der Waals surface area contributed by atoms with Crippen LogP contribution in [0.15, 0.2) is 11.6 Å². The van der Waals surface area contributed by atoms with Gasteiger partial charge in [0.05, 0.1) is 0 Å². The van der Waals surface area contributed by atoms with Crippen molar-refractivity contribution in [2.24, 2.45) is 35.5 Å². The van der Waals surface area contributed by atoms with E-state index in [2.05, 4.69) is 54.5 Å². The fourth-order valence-electron chi connectivity index (χ4n) is 4.03. The Bertz CT molecular complexity index is 323. The minimum absolute atomic E-state index is 0. The smallest absolute Gasteiger partial charge is 0.0287 e. The lowest BCUT2D eigenvalue weighted by atomic mass is 9.84. The molecule has 0 spiro atoms. The topological polar surface area (TPSA) is 0 Å². The van der Waals surface area contributed by atoms with Crippen LogP contribution in [-0.2, 0) is 0 Å². The molecule has 3 aliphatic carbocycles. The first-order valence-corrected chi connectivity index (χ1v) is 10.6. The molecule has 0 saturated heterocycles. The van der Waals surface area contributed by atoms with Gasteiger partial charge in [0.25, 0.3) is 0 Å². The van der Waals surface area contributed by atoms with Crippen LogP contribution in [0.3, 0.4) is 0 Å². The zero-order valence-corrected chi connectivity index (χ0v) is 17.2. The second-order valence-electron chi connectivity index (χ2n) is 8.66. The van der Waals surface area contributed by atoms with Crippen molar-refractivity contribution in [2.45, 2.75) is 115 Å². The Labute approximate surface area is 162 Å². The fourth-order valence-corrected chi connectivity index (χ4v) is 4.03. The Morgan fingerprint density at radius 3 is 1.64 bits per heavy atom. The van der Waals surface area contributed by atoms with Crippen molar-refractivity contribution in [1.82, 2.24) is 0 Å². The van der Waals surface area contributed by atoms with Crippen LogP contribution in [0.2, 0.25) is 0 Å². The summed E-state index contributed by atoms with van der Waals surface area (Å²) in [4.78, 5) is 0. The Balaban J connectivity index is 0. The van der Waals surface area contributed by atoms with Gasteiger partial charge in [-0.25, -0.2) is 0 Å². The molecule has 0 heteroatoms. The van der Waals surface area contributed by atoms with Gasteiger partial charge in [-0.05, 0) is 54.8 Å². The highest BCUT2D eigenvalue weighted by Gasteiger charge is 2.40. The van der Waals surface area contributed by atoms with E-state index in [1.54, 1.807) is 5.57 Å². The Hall–Kier alpha value is -0.260. The SMILES string of the molecule is C.C.CCC1=CCC(C(C)C)C1.CCC1C(C)C1C.CCC1CCC1. The molecule has 25 heavy (non-hydrogen) atoms. The lowest BCUT2D eigenvalue weighted by Gasteiger charge is -2.22. The van der Waals surface area contributed by atoms with Crippen molar-refractivity contribution in [3.8, 4) is 0 Å². The van der Waals surface area contributed by atoms with Crippen LogP contribution in [-0.4, -0.2) is 0 Å². The molecule has 2 saturated carbocycles. The zero-order valence-electron chi connectivity index (χ0n) is 17.2. The predicted molar refractivity (Wildman–Crippen MR) is 119 cm³/mol. The monoisotopic (exact) mass is 352 g/mol. The third kappa shape index (κ3) is 9.30. The molecular formula is C25H52. The van der Waals surface area contributed by atoms with Crippen molar-refractivity contribution in [3.63, 3.8) is 0 Å². The molecule has 0 aromatic heterocycles. The average molecular weight is 353 g/mol. The quantitative estimate of drug-likeness (QED) is 0.442. The summed E-state index contributed by atoms with van der Waals surface area (Å²) in [5.74, 6) is 6.08. The largest absolute Gasteiger partial charge is 0.0850 e. The van der Waals surface area contributed by atoms with E-state index in [1.807, 2.05) is 0 Å². The normalized spacial score (nSPS) is 29.7. The van der Waals surface area contributed by atoms with Gasteiger partial charge in [0.1, 0.15) is 0 Å². The highest BCUT2D eigenvalue weighted by molar-refractivity contribution is 5.09. The van der Waals surface area contributed by atoms with Crippen LogP contribution in [0.25, 0.3) is 0 Å². The van der Waals surface area contributed by atoms with Crippen LogP contribution >= 0.6 is 0 Å². The molecule has 0 N–H and O–H groups in total. The summed E-state index contributed by atoms with van der Waals surface area (Å²) in [6, 6.07) is 0. The van der Waals surface area contributed by atoms with Crippen molar-refractivity contribution in [2.75, 3.05) is 0 Å². The van der Waals surface area contributed by atoms with Crippen LogP contribution < -0.4 is 0 Å². The highest BCUT2D eigenvalue weighted by Crippen LogP contribution is 2.47. The van der Waals surface area contributed by atoms with Gasteiger partial charge in [-0.3, -0.25) is 0 Å². The summed E-state index contributed by atoms with van der Waals surface area (Å²) in [6.45, 7) is 16.2. The Kier molecular flexibility index (Phi) is 15.0. The standard InChI is InChI=1S/C10H18.C7H14.C6H12.2CH4/c1-4-9-5-6-10(7-9)8(2)3;1-4-7-5(2)6(7)3;1-2-6-4-3-5-6;;/h5,8,10H,4,6-7H2,1-3H3;5-7H,4H2,1-3H3;6H,2-5H2,1H3;2*1H4. The molecule has 0 radical (unpaired) electrons.